The third-order valence-corrected chi connectivity index (χ3v) is 4.32. The Bertz CT molecular complexity index is 1110. The molecule has 0 radical (unpaired) electrons. The Morgan fingerprint density at radius 3 is 2.50 bits per heavy atom. The van der Waals surface area contributed by atoms with Crippen LogP contribution in [-0.2, 0) is 17.9 Å². The first-order valence-corrected chi connectivity index (χ1v) is 8.90. The zero-order valence-electron chi connectivity index (χ0n) is 15.1. The van der Waals surface area contributed by atoms with Gasteiger partial charge in [0.15, 0.2) is 0 Å². The van der Waals surface area contributed by atoms with E-state index in [1.807, 2.05) is 59.2 Å². The smallest absolute Gasteiger partial charge is 0.244 e. The number of rotatable bonds is 6. The number of hydrogen-bond acceptors (Lipinski definition) is 4. The molecule has 0 saturated heterocycles. The average Bonchev–Trinajstić information content (AvgIpc) is 3.06. The van der Waals surface area contributed by atoms with Crippen molar-refractivity contribution in [1.29, 1.82) is 0 Å². The van der Waals surface area contributed by atoms with Crippen LogP contribution in [0.4, 0.5) is 5.69 Å². The van der Waals surface area contributed by atoms with E-state index < -0.39 is 0 Å². The zero-order chi connectivity index (χ0) is 19.3. The van der Waals surface area contributed by atoms with Crippen molar-refractivity contribution in [1.82, 2.24) is 9.55 Å². The van der Waals surface area contributed by atoms with Gasteiger partial charge in [-0.2, -0.15) is 0 Å². The maximum atomic E-state index is 12.6. The summed E-state index contributed by atoms with van der Waals surface area (Å²) in [5, 5.41) is 12.6. The van der Waals surface area contributed by atoms with Crippen LogP contribution in [-0.4, -0.2) is 20.6 Å². The molecule has 0 aliphatic rings. The lowest BCUT2D eigenvalue weighted by atomic mass is 10.3. The van der Waals surface area contributed by atoms with Gasteiger partial charge in [-0.15, -0.1) is 0 Å². The highest BCUT2D eigenvalue weighted by atomic mass is 16.5. The Hall–Kier alpha value is -3.80. The molecule has 4 aromatic rings. The summed E-state index contributed by atoms with van der Waals surface area (Å²) in [5.41, 5.74) is 2.02. The van der Waals surface area contributed by atoms with E-state index in [0.29, 0.717) is 11.5 Å². The third kappa shape index (κ3) is 3.81. The summed E-state index contributed by atoms with van der Waals surface area (Å²) in [6, 6.07) is 23.7. The van der Waals surface area contributed by atoms with Gasteiger partial charge < -0.3 is 19.7 Å². The van der Waals surface area contributed by atoms with Crippen LogP contribution in [0.15, 0.2) is 78.9 Å². The molecule has 6 heteroatoms. The molecule has 140 valence electrons. The van der Waals surface area contributed by atoms with Crippen molar-refractivity contribution in [3.63, 3.8) is 0 Å². The molecule has 28 heavy (non-hydrogen) atoms. The lowest BCUT2D eigenvalue weighted by Crippen LogP contribution is -2.20. The molecule has 1 heterocycles. The lowest BCUT2D eigenvalue weighted by Gasteiger charge is -2.11. The number of phenols is 1. The minimum absolute atomic E-state index is 0.0268. The van der Waals surface area contributed by atoms with Crippen LogP contribution in [0.3, 0.4) is 0 Å². The Balaban J connectivity index is 1.58. The highest BCUT2D eigenvalue weighted by Crippen LogP contribution is 2.22. The molecule has 0 saturated carbocycles. The molecule has 0 spiro atoms. The van der Waals surface area contributed by atoms with Gasteiger partial charge in [0.1, 0.15) is 30.5 Å². The number of para-hydroxylation sites is 5. The Labute approximate surface area is 162 Å². The number of benzene rings is 3. The van der Waals surface area contributed by atoms with E-state index in [2.05, 4.69) is 10.3 Å². The Morgan fingerprint density at radius 1 is 0.964 bits per heavy atom. The number of carbonyl (C=O) groups is 1. The van der Waals surface area contributed by atoms with Gasteiger partial charge in [-0.1, -0.05) is 42.5 Å². The molecule has 0 unspecified atom stereocenters. The molecule has 4 rings (SSSR count). The number of amides is 1. The van der Waals surface area contributed by atoms with Gasteiger partial charge >= 0.3 is 0 Å². The molecule has 0 fully saturated rings. The second-order valence-corrected chi connectivity index (χ2v) is 6.27. The number of carbonyl (C=O) groups excluding carboxylic acids is 1. The monoisotopic (exact) mass is 373 g/mol. The molecule has 3 aromatic carbocycles. The summed E-state index contributed by atoms with van der Waals surface area (Å²) in [5.74, 6) is 1.15. The van der Waals surface area contributed by atoms with Gasteiger partial charge in [-0.25, -0.2) is 4.98 Å². The first-order valence-electron chi connectivity index (χ1n) is 8.90. The second-order valence-electron chi connectivity index (χ2n) is 6.27. The Kier molecular flexibility index (Phi) is 4.93. The van der Waals surface area contributed by atoms with Gasteiger partial charge in [-0.3, -0.25) is 4.79 Å². The molecule has 1 aromatic heterocycles. The van der Waals surface area contributed by atoms with Crippen LogP contribution in [0.2, 0.25) is 0 Å². The minimum Gasteiger partial charge on any atom is -0.506 e. The number of ether oxygens (including phenoxy) is 1. The van der Waals surface area contributed by atoms with E-state index in [-0.39, 0.29) is 24.8 Å². The standard InChI is InChI=1S/C22H19N3O3/c26-20-13-7-5-11-18(20)24-22(27)14-25-19-12-6-4-10-17(19)23-21(25)15-28-16-8-2-1-3-9-16/h1-13,26H,14-15H2,(H,24,27). The fourth-order valence-electron chi connectivity index (χ4n) is 2.99. The van der Waals surface area contributed by atoms with Gasteiger partial charge in [0.05, 0.1) is 16.7 Å². The van der Waals surface area contributed by atoms with Crippen LogP contribution < -0.4 is 10.1 Å². The normalized spacial score (nSPS) is 10.7. The quantitative estimate of drug-likeness (QED) is 0.502. The summed E-state index contributed by atoms with van der Waals surface area (Å²) in [7, 11) is 0. The third-order valence-electron chi connectivity index (χ3n) is 4.32. The van der Waals surface area contributed by atoms with Crippen molar-refractivity contribution < 1.29 is 14.6 Å². The zero-order valence-corrected chi connectivity index (χ0v) is 15.1. The van der Waals surface area contributed by atoms with Crippen LogP contribution in [0, 0.1) is 0 Å². The molecule has 6 nitrogen and oxygen atoms in total. The van der Waals surface area contributed by atoms with E-state index in [1.165, 1.54) is 6.07 Å². The molecule has 0 aliphatic carbocycles. The van der Waals surface area contributed by atoms with Gasteiger partial charge in [0.2, 0.25) is 5.91 Å². The fraction of sp³-hybridized carbons (Fsp3) is 0.0909. The lowest BCUT2D eigenvalue weighted by molar-refractivity contribution is -0.116. The summed E-state index contributed by atoms with van der Waals surface area (Å²) in [4.78, 5) is 17.2. The molecule has 0 bridgehead atoms. The van der Waals surface area contributed by atoms with E-state index in [4.69, 9.17) is 4.74 Å². The number of phenolic OH excluding ortho intramolecular Hbond substituents is 1. The number of nitrogens with one attached hydrogen (secondary N) is 1. The maximum absolute atomic E-state index is 12.6. The van der Waals surface area contributed by atoms with Crippen molar-refractivity contribution in [3.05, 3.63) is 84.7 Å². The van der Waals surface area contributed by atoms with Crippen LogP contribution in [0.1, 0.15) is 5.82 Å². The largest absolute Gasteiger partial charge is 0.506 e. The van der Waals surface area contributed by atoms with Crippen LogP contribution >= 0.6 is 0 Å². The Morgan fingerprint density at radius 2 is 1.68 bits per heavy atom. The van der Waals surface area contributed by atoms with E-state index >= 15 is 0 Å². The molecule has 1 amide bonds. The van der Waals surface area contributed by atoms with Crippen molar-refractivity contribution in [2.24, 2.45) is 0 Å². The minimum atomic E-state index is -0.259. The summed E-state index contributed by atoms with van der Waals surface area (Å²) in [6.45, 7) is 0.297. The number of anilines is 1. The first kappa shape index (κ1) is 17.6. The number of nitrogens with zero attached hydrogens (tertiary/aromatic N) is 2. The highest BCUT2D eigenvalue weighted by Gasteiger charge is 2.15. The van der Waals surface area contributed by atoms with E-state index in [1.54, 1.807) is 18.2 Å². The van der Waals surface area contributed by atoms with Crippen molar-refractivity contribution in [2.45, 2.75) is 13.2 Å². The molecular formula is C22H19N3O3. The van der Waals surface area contributed by atoms with Gasteiger partial charge in [0, 0.05) is 0 Å². The summed E-state index contributed by atoms with van der Waals surface area (Å²) < 4.78 is 7.65. The van der Waals surface area contributed by atoms with Crippen molar-refractivity contribution in [3.8, 4) is 11.5 Å². The molecule has 2 N–H and O–H groups in total. The number of imidazole rings is 1. The predicted octanol–water partition coefficient (Wildman–Crippen LogP) is 3.96. The van der Waals surface area contributed by atoms with E-state index in [9.17, 15) is 9.90 Å². The number of aromatic nitrogens is 2. The molecule has 0 aliphatic heterocycles. The number of hydrogen-bond donors (Lipinski definition) is 2. The highest BCUT2D eigenvalue weighted by molar-refractivity contribution is 5.93. The number of aromatic hydroxyl groups is 1. The average molecular weight is 373 g/mol. The molecular weight excluding hydrogens is 354 g/mol. The van der Waals surface area contributed by atoms with Crippen molar-refractivity contribution in [2.75, 3.05) is 5.32 Å². The van der Waals surface area contributed by atoms with Crippen molar-refractivity contribution >= 4 is 22.6 Å². The summed E-state index contributed by atoms with van der Waals surface area (Å²) >= 11 is 0. The number of fused-ring (bicyclic) bond motifs is 1. The van der Waals surface area contributed by atoms with Crippen LogP contribution in [0.5, 0.6) is 11.5 Å². The SMILES string of the molecule is O=C(Cn1c(COc2ccccc2)nc2ccccc21)Nc1ccccc1O. The topological polar surface area (TPSA) is 76.4 Å². The maximum Gasteiger partial charge on any atom is 0.244 e. The second kappa shape index (κ2) is 7.84. The fourth-order valence-corrected chi connectivity index (χ4v) is 2.99. The van der Waals surface area contributed by atoms with Crippen LogP contribution in [0.25, 0.3) is 11.0 Å². The first-order chi connectivity index (χ1) is 13.7. The van der Waals surface area contributed by atoms with Gasteiger partial charge in [-0.05, 0) is 36.4 Å². The molecule has 0 atom stereocenters. The van der Waals surface area contributed by atoms with Gasteiger partial charge in [0.25, 0.3) is 0 Å². The van der Waals surface area contributed by atoms with E-state index in [0.717, 1.165) is 16.8 Å². The predicted molar refractivity (Wildman–Crippen MR) is 107 cm³/mol. The summed E-state index contributed by atoms with van der Waals surface area (Å²) in [6.07, 6.45) is 0.